The molecule has 2 aromatic carbocycles. The average Bonchev–Trinajstić information content (AvgIpc) is 2.82. The first-order valence-corrected chi connectivity index (χ1v) is 11.7. The zero-order chi connectivity index (χ0) is 26.1. The van der Waals surface area contributed by atoms with Crippen LogP contribution in [0.2, 0.25) is 0 Å². The zero-order valence-corrected chi connectivity index (χ0v) is 20.6. The molecule has 12 nitrogen and oxygen atoms in total. The van der Waals surface area contributed by atoms with Gasteiger partial charge in [0.2, 0.25) is 11.7 Å². The van der Waals surface area contributed by atoms with E-state index in [0.29, 0.717) is 17.0 Å². The molecule has 4 rings (SSSR count). The lowest BCUT2D eigenvalue weighted by molar-refractivity contribution is -0.764. The molecule has 2 heterocycles. The Balaban J connectivity index is 2.15. The normalized spacial score (nSPS) is 14.0. The largest absolute Gasteiger partial charge is 0.854 e. The first kappa shape index (κ1) is 24.9. The zero-order valence-electron chi connectivity index (χ0n) is 19.8. The summed E-state index contributed by atoms with van der Waals surface area (Å²) in [5, 5.41) is 29.9. The van der Waals surface area contributed by atoms with E-state index >= 15 is 0 Å². The Morgan fingerprint density at radius 3 is 2.58 bits per heavy atom. The summed E-state index contributed by atoms with van der Waals surface area (Å²) < 4.78 is 11.9. The van der Waals surface area contributed by atoms with Crippen LogP contribution in [-0.4, -0.2) is 39.7 Å². The third-order valence-corrected chi connectivity index (χ3v) is 6.08. The molecular formula is C23H21N5O7S. The van der Waals surface area contributed by atoms with Crippen LogP contribution in [0.3, 0.4) is 0 Å². The summed E-state index contributed by atoms with van der Waals surface area (Å²) in [5.41, 5.74) is 0.327. The van der Waals surface area contributed by atoms with E-state index in [1.807, 2.05) is 6.92 Å². The number of rotatable bonds is 6. The first-order valence-electron chi connectivity index (χ1n) is 10.8. The monoisotopic (exact) mass is 511 g/mol. The van der Waals surface area contributed by atoms with Crippen LogP contribution in [0.5, 0.6) is 17.4 Å². The number of fused-ring (bicyclic) bond motifs is 3. The van der Waals surface area contributed by atoms with Gasteiger partial charge in [0.25, 0.3) is 17.0 Å². The number of thioether (sulfide) groups is 1. The third-order valence-electron chi connectivity index (χ3n) is 5.36. The molecule has 1 atom stereocenters. The molecule has 0 spiro atoms. The molecule has 186 valence electrons. The van der Waals surface area contributed by atoms with Crippen molar-refractivity contribution >= 4 is 35.0 Å². The number of benzene rings is 2. The van der Waals surface area contributed by atoms with Crippen LogP contribution in [0.25, 0.3) is 11.3 Å². The number of hydrogen-bond acceptors (Lipinski definition) is 10. The predicted octanol–water partition coefficient (Wildman–Crippen LogP) is 2.37. The number of esters is 1. The molecular weight excluding hydrogens is 490 g/mol. The highest BCUT2D eigenvalue weighted by molar-refractivity contribution is 7.99. The van der Waals surface area contributed by atoms with Crippen LogP contribution < -0.4 is 24.2 Å². The number of nitrogens with zero attached hydrogens (tertiary/aromatic N) is 5. The number of aromatic nitrogens is 3. The number of hydrogen-bond donors (Lipinski definition) is 0. The number of anilines is 1. The standard InChI is InChI=1S/C23H21N5O7S/c1-5-36-23-24-21(31)19-15-8-6-7-9-17(15)26(12(2)29)22(27(19)25-23)16-10-14(34-4)11-18(28(32)33)20(16)35-13(3)30/h6-11,22H,5H2,1-4H3. The molecule has 0 fully saturated rings. The summed E-state index contributed by atoms with van der Waals surface area (Å²) in [7, 11) is 1.32. The van der Waals surface area contributed by atoms with Crippen LogP contribution in [0.1, 0.15) is 32.5 Å². The van der Waals surface area contributed by atoms with E-state index in [0.717, 1.165) is 13.0 Å². The second-order valence-electron chi connectivity index (χ2n) is 7.62. The topological polar surface area (TPSA) is 152 Å². The van der Waals surface area contributed by atoms with Gasteiger partial charge in [0.1, 0.15) is 5.75 Å². The molecule has 3 aromatic rings. The van der Waals surface area contributed by atoms with Crippen LogP contribution in [0.4, 0.5) is 11.4 Å². The highest BCUT2D eigenvalue weighted by Gasteiger charge is 2.47. The maximum atomic E-state index is 13.2. The van der Waals surface area contributed by atoms with E-state index in [-0.39, 0.29) is 22.2 Å². The van der Waals surface area contributed by atoms with Crippen LogP contribution in [0, 0.1) is 10.1 Å². The lowest BCUT2D eigenvalue weighted by Crippen LogP contribution is -2.59. The van der Waals surface area contributed by atoms with Gasteiger partial charge >= 0.3 is 11.7 Å². The first-order chi connectivity index (χ1) is 17.2. The Morgan fingerprint density at radius 1 is 1.25 bits per heavy atom. The van der Waals surface area contributed by atoms with E-state index in [9.17, 15) is 24.8 Å². The molecule has 1 aromatic heterocycles. The van der Waals surface area contributed by atoms with Crippen molar-refractivity contribution in [1.82, 2.24) is 10.1 Å². The molecule has 1 aliphatic rings. The molecule has 0 N–H and O–H groups in total. The Hall–Kier alpha value is -4.26. The van der Waals surface area contributed by atoms with Crippen LogP contribution >= 0.6 is 11.8 Å². The van der Waals surface area contributed by atoms with E-state index in [1.54, 1.807) is 24.3 Å². The summed E-state index contributed by atoms with van der Waals surface area (Å²) in [5.74, 6) is -1.59. The van der Waals surface area contributed by atoms with Gasteiger partial charge in [-0.2, -0.15) is 0 Å². The maximum absolute atomic E-state index is 13.2. The summed E-state index contributed by atoms with van der Waals surface area (Å²) in [4.78, 5) is 41.7. The number of amides is 1. The fourth-order valence-electron chi connectivity index (χ4n) is 4.05. The summed E-state index contributed by atoms with van der Waals surface area (Å²) >= 11 is 1.22. The Morgan fingerprint density at radius 2 is 1.97 bits per heavy atom. The molecule has 0 bridgehead atoms. The quantitative estimate of drug-likeness (QED) is 0.120. The maximum Gasteiger partial charge on any atom is 0.316 e. The molecule has 13 heteroatoms. The van der Waals surface area contributed by atoms with Crippen molar-refractivity contribution in [2.24, 2.45) is 0 Å². The van der Waals surface area contributed by atoms with Gasteiger partial charge in [0.15, 0.2) is 0 Å². The fraction of sp³-hybridized carbons (Fsp3) is 0.261. The number of ether oxygens (including phenoxy) is 2. The number of nitro benzene ring substituents is 1. The Bertz CT molecular complexity index is 1400. The highest BCUT2D eigenvalue weighted by atomic mass is 32.2. The molecule has 0 saturated heterocycles. The van der Waals surface area contributed by atoms with E-state index in [4.69, 9.17) is 9.47 Å². The highest BCUT2D eigenvalue weighted by Crippen LogP contribution is 2.46. The van der Waals surface area contributed by atoms with E-state index in [2.05, 4.69) is 10.1 Å². The minimum absolute atomic E-state index is 0.0257. The van der Waals surface area contributed by atoms with Gasteiger partial charge in [0, 0.05) is 18.9 Å². The molecule has 1 aliphatic heterocycles. The number of nitro groups is 1. The van der Waals surface area contributed by atoms with Crippen molar-refractivity contribution in [3.05, 3.63) is 52.1 Å². The molecule has 0 saturated carbocycles. The smallest absolute Gasteiger partial charge is 0.316 e. The minimum Gasteiger partial charge on any atom is -0.854 e. The van der Waals surface area contributed by atoms with Gasteiger partial charge in [0.05, 0.1) is 40.8 Å². The van der Waals surface area contributed by atoms with Crippen molar-refractivity contribution < 1.29 is 33.8 Å². The van der Waals surface area contributed by atoms with Gasteiger partial charge in [-0.15, -0.1) is 0 Å². The lowest BCUT2D eigenvalue weighted by atomic mass is 10.00. The van der Waals surface area contributed by atoms with Crippen molar-refractivity contribution in [3.63, 3.8) is 0 Å². The summed E-state index contributed by atoms with van der Waals surface area (Å²) in [6, 6.07) is 9.22. The molecule has 0 aliphatic carbocycles. The Labute approximate surface area is 209 Å². The predicted molar refractivity (Wildman–Crippen MR) is 126 cm³/mol. The average molecular weight is 512 g/mol. The van der Waals surface area contributed by atoms with E-state index in [1.165, 1.54) is 41.4 Å². The number of methoxy groups -OCH3 is 1. The minimum atomic E-state index is -1.23. The van der Waals surface area contributed by atoms with Crippen LogP contribution in [0.15, 0.2) is 41.6 Å². The molecule has 0 radical (unpaired) electrons. The Kier molecular flexibility index (Phi) is 6.75. The number of para-hydroxylation sites is 1. The van der Waals surface area contributed by atoms with Gasteiger partial charge in [-0.3, -0.25) is 19.7 Å². The van der Waals surface area contributed by atoms with Gasteiger partial charge < -0.3 is 14.6 Å². The number of carbonyl (C=O) groups excluding carboxylic acids is 2. The second-order valence-corrected chi connectivity index (χ2v) is 8.85. The lowest BCUT2D eigenvalue weighted by Gasteiger charge is -2.33. The van der Waals surface area contributed by atoms with Crippen molar-refractivity contribution in [2.45, 2.75) is 32.1 Å². The van der Waals surface area contributed by atoms with Gasteiger partial charge in [-0.25, -0.2) is 9.88 Å². The molecule has 1 unspecified atom stereocenters. The van der Waals surface area contributed by atoms with Crippen molar-refractivity contribution in [1.29, 1.82) is 0 Å². The number of carbonyl (C=O) groups is 2. The van der Waals surface area contributed by atoms with Gasteiger partial charge in [-0.1, -0.05) is 35.5 Å². The van der Waals surface area contributed by atoms with E-state index < -0.39 is 40.3 Å². The second kappa shape index (κ2) is 9.77. The SMILES string of the molecule is CCSc1nc([O-])c2[n+](n1)C(c1cc(OC)cc([N+](=O)[O-])c1OC(C)=O)N(C(C)=O)c1ccccc1-2. The van der Waals surface area contributed by atoms with Crippen LogP contribution in [-0.2, 0) is 9.59 Å². The van der Waals surface area contributed by atoms with Crippen molar-refractivity contribution in [3.8, 4) is 28.6 Å². The summed E-state index contributed by atoms with van der Waals surface area (Å²) in [6.07, 6.45) is -1.23. The molecule has 1 amide bonds. The molecule has 36 heavy (non-hydrogen) atoms. The third kappa shape index (κ3) is 4.28. The fourth-order valence-corrected chi connectivity index (χ4v) is 4.61. The van der Waals surface area contributed by atoms with Crippen molar-refractivity contribution in [2.75, 3.05) is 17.8 Å². The van der Waals surface area contributed by atoms with Gasteiger partial charge in [-0.05, 0) is 24.0 Å². The summed E-state index contributed by atoms with van der Waals surface area (Å²) in [6.45, 7) is 4.28.